The molecule has 0 unspecified atom stereocenters. The third-order valence-electron chi connectivity index (χ3n) is 2.92. The van der Waals surface area contributed by atoms with Crippen LogP contribution >= 0.6 is 22.6 Å². The monoisotopic (exact) mass is 424 g/mol. The number of urea groups is 1. The van der Waals surface area contributed by atoms with Gasteiger partial charge in [-0.05, 0) is 65.4 Å². The molecule has 0 aliphatic carbocycles. The predicted octanol–water partition coefficient (Wildman–Crippen LogP) is 3.14. The Morgan fingerprint density at radius 1 is 1.09 bits per heavy atom. The van der Waals surface area contributed by atoms with Crippen LogP contribution in [0, 0.1) is 10.5 Å². The molecule has 0 aliphatic heterocycles. The topological polar surface area (TPSA) is 83.1 Å². The average Bonchev–Trinajstić information content (AvgIpc) is 2.52. The van der Waals surface area contributed by atoms with Crippen LogP contribution in [0.25, 0.3) is 0 Å². The van der Waals surface area contributed by atoms with E-state index in [0.29, 0.717) is 11.5 Å². The largest absolute Gasteiger partial charge is 0.337 e. The van der Waals surface area contributed by atoms with Crippen LogP contribution in [-0.4, -0.2) is 23.5 Å². The molecule has 6 nitrogen and oxygen atoms in total. The molecule has 7 heteroatoms. The van der Waals surface area contributed by atoms with Crippen LogP contribution in [0.4, 0.5) is 16.3 Å². The van der Waals surface area contributed by atoms with Gasteiger partial charge in [-0.1, -0.05) is 6.07 Å². The lowest BCUT2D eigenvalue weighted by molar-refractivity contribution is -0.116. The van der Waals surface area contributed by atoms with E-state index in [1.807, 2.05) is 37.3 Å². The van der Waals surface area contributed by atoms with Crippen LogP contribution in [0.1, 0.15) is 12.0 Å². The fourth-order valence-corrected chi connectivity index (χ4v) is 2.10. The number of aryl methyl sites for hydroxylation is 1. The lowest BCUT2D eigenvalue weighted by atomic mass is 10.3. The Hall–Kier alpha value is -2.16. The van der Waals surface area contributed by atoms with Gasteiger partial charge in [-0.15, -0.1) is 0 Å². The highest BCUT2D eigenvalue weighted by atomic mass is 127. The van der Waals surface area contributed by atoms with Crippen molar-refractivity contribution in [3.63, 3.8) is 0 Å². The summed E-state index contributed by atoms with van der Waals surface area (Å²) in [5.74, 6) is 0.305. The van der Waals surface area contributed by atoms with E-state index in [1.165, 1.54) is 0 Å². The van der Waals surface area contributed by atoms with E-state index in [2.05, 4.69) is 43.5 Å². The highest BCUT2D eigenvalue weighted by Gasteiger charge is 2.05. The van der Waals surface area contributed by atoms with Crippen LogP contribution < -0.4 is 16.0 Å². The Bertz CT molecular complexity index is 612. The van der Waals surface area contributed by atoms with Gasteiger partial charge in [0.2, 0.25) is 5.91 Å². The zero-order valence-electron chi connectivity index (χ0n) is 12.6. The molecule has 2 rings (SSSR count). The van der Waals surface area contributed by atoms with Crippen molar-refractivity contribution in [1.82, 2.24) is 10.3 Å². The van der Waals surface area contributed by atoms with E-state index in [9.17, 15) is 9.59 Å². The van der Waals surface area contributed by atoms with Crippen molar-refractivity contribution in [2.45, 2.75) is 13.3 Å². The maximum atomic E-state index is 11.8. The van der Waals surface area contributed by atoms with Gasteiger partial charge in [-0.2, -0.15) is 0 Å². The Balaban J connectivity index is 1.69. The number of hydrogen-bond acceptors (Lipinski definition) is 3. The molecule has 1 aromatic heterocycles. The molecule has 0 bridgehead atoms. The molecule has 0 spiro atoms. The number of nitrogens with one attached hydrogen (secondary N) is 3. The third kappa shape index (κ3) is 6.23. The highest BCUT2D eigenvalue weighted by molar-refractivity contribution is 14.1. The van der Waals surface area contributed by atoms with Crippen molar-refractivity contribution in [3.8, 4) is 0 Å². The fourth-order valence-electron chi connectivity index (χ4n) is 1.75. The van der Waals surface area contributed by atoms with Gasteiger partial charge in [-0.3, -0.25) is 4.79 Å². The van der Waals surface area contributed by atoms with E-state index >= 15 is 0 Å². The number of carbonyl (C=O) groups is 2. The van der Waals surface area contributed by atoms with Gasteiger partial charge in [0.15, 0.2) is 0 Å². The van der Waals surface area contributed by atoms with Crippen molar-refractivity contribution in [2.75, 3.05) is 17.2 Å². The van der Waals surface area contributed by atoms with Gasteiger partial charge in [0.1, 0.15) is 5.82 Å². The number of rotatable bonds is 5. The second-order valence-electron chi connectivity index (χ2n) is 4.91. The molecule has 23 heavy (non-hydrogen) atoms. The second-order valence-corrected chi connectivity index (χ2v) is 6.15. The van der Waals surface area contributed by atoms with E-state index in [4.69, 9.17) is 0 Å². The molecule has 120 valence electrons. The van der Waals surface area contributed by atoms with E-state index in [1.54, 1.807) is 12.3 Å². The molecule has 0 aliphatic rings. The number of halogens is 1. The van der Waals surface area contributed by atoms with Crippen molar-refractivity contribution < 1.29 is 9.59 Å². The Morgan fingerprint density at radius 3 is 2.48 bits per heavy atom. The molecule has 0 saturated carbocycles. The summed E-state index contributed by atoms with van der Waals surface area (Å²) in [6, 6.07) is 10.7. The van der Waals surface area contributed by atoms with Crippen LogP contribution in [0.5, 0.6) is 0 Å². The van der Waals surface area contributed by atoms with Gasteiger partial charge in [-0.25, -0.2) is 9.78 Å². The summed E-state index contributed by atoms with van der Waals surface area (Å²) < 4.78 is 1.09. The molecule has 3 N–H and O–H groups in total. The lowest BCUT2D eigenvalue weighted by Gasteiger charge is -2.08. The number of aromatic nitrogens is 1. The first-order valence-corrected chi connectivity index (χ1v) is 8.14. The molecular weight excluding hydrogens is 407 g/mol. The number of benzene rings is 1. The van der Waals surface area contributed by atoms with Gasteiger partial charge in [0, 0.05) is 28.4 Å². The molecule has 1 aromatic carbocycles. The maximum absolute atomic E-state index is 11.8. The summed E-state index contributed by atoms with van der Waals surface area (Å²) in [7, 11) is 0. The standard InChI is InChI=1S/C16H17IN4O2/c1-11-2-7-14(19-10-11)21-15(22)8-9-18-16(23)20-13-5-3-12(17)4-6-13/h2-7,10H,8-9H2,1H3,(H2,18,20,23)(H,19,21,22). The molecule has 2 aromatic rings. The predicted molar refractivity (Wildman–Crippen MR) is 98.4 cm³/mol. The first-order chi connectivity index (χ1) is 11.0. The summed E-state index contributed by atoms with van der Waals surface area (Å²) in [5, 5.41) is 8.02. The van der Waals surface area contributed by atoms with Crippen molar-refractivity contribution in [3.05, 3.63) is 51.7 Å². The van der Waals surface area contributed by atoms with Crippen LogP contribution in [0.2, 0.25) is 0 Å². The lowest BCUT2D eigenvalue weighted by Crippen LogP contribution is -2.31. The first-order valence-electron chi connectivity index (χ1n) is 7.06. The fraction of sp³-hybridized carbons (Fsp3) is 0.188. The Morgan fingerprint density at radius 2 is 1.83 bits per heavy atom. The smallest absolute Gasteiger partial charge is 0.319 e. The van der Waals surface area contributed by atoms with E-state index in [0.717, 1.165) is 9.13 Å². The molecule has 0 fully saturated rings. The molecular formula is C16H17IN4O2. The summed E-state index contributed by atoms with van der Waals surface area (Å²) in [5.41, 5.74) is 1.73. The first kappa shape index (κ1) is 17.2. The number of carbonyl (C=O) groups excluding carboxylic acids is 2. The van der Waals surface area contributed by atoms with E-state index in [-0.39, 0.29) is 24.9 Å². The minimum absolute atomic E-state index is 0.176. The highest BCUT2D eigenvalue weighted by Crippen LogP contribution is 2.10. The van der Waals surface area contributed by atoms with Gasteiger partial charge in [0.25, 0.3) is 0 Å². The quantitative estimate of drug-likeness (QED) is 0.645. The van der Waals surface area contributed by atoms with Crippen LogP contribution in [0.15, 0.2) is 42.6 Å². The summed E-state index contributed by atoms with van der Waals surface area (Å²) in [6.45, 7) is 2.17. The Kier molecular flexibility index (Phi) is 6.33. The van der Waals surface area contributed by atoms with Crippen molar-refractivity contribution >= 4 is 46.0 Å². The minimum atomic E-state index is -0.340. The number of anilines is 2. The molecule has 0 atom stereocenters. The average molecular weight is 424 g/mol. The number of amides is 3. The van der Waals surface area contributed by atoms with Crippen LogP contribution in [0.3, 0.4) is 0 Å². The third-order valence-corrected chi connectivity index (χ3v) is 3.64. The minimum Gasteiger partial charge on any atom is -0.337 e. The number of nitrogens with zero attached hydrogens (tertiary/aromatic N) is 1. The molecule has 0 saturated heterocycles. The van der Waals surface area contributed by atoms with Gasteiger partial charge < -0.3 is 16.0 Å². The number of hydrogen-bond donors (Lipinski definition) is 3. The van der Waals surface area contributed by atoms with Gasteiger partial charge in [0.05, 0.1) is 0 Å². The second kappa shape index (κ2) is 8.47. The summed E-state index contributed by atoms with van der Waals surface area (Å²) >= 11 is 2.19. The van der Waals surface area contributed by atoms with Crippen molar-refractivity contribution in [2.24, 2.45) is 0 Å². The molecule has 3 amide bonds. The SMILES string of the molecule is Cc1ccc(NC(=O)CCNC(=O)Nc2ccc(I)cc2)nc1. The zero-order chi connectivity index (χ0) is 16.7. The van der Waals surface area contributed by atoms with Crippen molar-refractivity contribution in [1.29, 1.82) is 0 Å². The number of pyridine rings is 1. The normalized spacial score (nSPS) is 10.0. The Labute approximate surface area is 148 Å². The summed E-state index contributed by atoms with van der Waals surface area (Å²) in [4.78, 5) is 27.5. The zero-order valence-corrected chi connectivity index (χ0v) is 14.8. The molecule has 1 heterocycles. The van der Waals surface area contributed by atoms with Gasteiger partial charge >= 0.3 is 6.03 Å². The molecule has 0 radical (unpaired) electrons. The maximum Gasteiger partial charge on any atom is 0.319 e. The van der Waals surface area contributed by atoms with E-state index < -0.39 is 0 Å². The van der Waals surface area contributed by atoms with Crippen LogP contribution in [-0.2, 0) is 4.79 Å². The summed E-state index contributed by atoms with van der Waals surface area (Å²) in [6.07, 6.45) is 1.86.